The van der Waals surface area contributed by atoms with E-state index in [0.717, 1.165) is 52.4 Å². The maximum atomic E-state index is 12.4. The van der Waals surface area contributed by atoms with Crippen molar-refractivity contribution in [3.05, 3.63) is 36.2 Å². The van der Waals surface area contributed by atoms with Crippen LogP contribution < -0.4 is 0 Å². The van der Waals surface area contributed by atoms with Crippen LogP contribution in [0.15, 0.2) is 35.6 Å². The second kappa shape index (κ2) is 7.72. The molecule has 0 unspecified atom stereocenters. The summed E-state index contributed by atoms with van der Waals surface area (Å²) in [7, 11) is 0. The fourth-order valence-corrected chi connectivity index (χ4v) is 4.93. The van der Waals surface area contributed by atoms with Gasteiger partial charge in [0.25, 0.3) is 0 Å². The first kappa shape index (κ1) is 17.4. The van der Waals surface area contributed by atoms with Crippen molar-refractivity contribution in [2.45, 2.75) is 31.2 Å². The van der Waals surface area contributed by atoms with E-state index < -0.39 is 0 Å². The van der Waals surface area contributed by atoms with Crippen LogP contribution >= 0.6 is 23.3 Å². The summed E-state index contributed by atoms with van der Waals surface area (Å²) in [6, 6.07) is 8.29. The number of piperidine rings is 1. The molecule has 2 aromatic heterocycles. The Balaban J connectivity index is 1.55. The quantitative estimate of drug-likeness (QED) is 0.499. The molecule has 26 heavy (non-hydrogen) atoms. The molecule has 3 heterocycles. The van der Waals surface area contributed by atoms with Crippen LogP contribution in [0.5, 0.6) is 0 Å². The topological polar surface area (TPSA) is 59.0 Å². The lowest BCUT2D eigenvalue weighted by molar-refractivity contribution is -0.129. The Morgan fingerprint density at radius 3 is 2.69 bits per heavy atom. The van der Waals surface area contributed by atoms with Gasteiger partial charge in [0.15, 0.2) is 0 Å². The molecule has 1 amide bonds. The maximum absolute atomic E-state index is 12.4. The monoisotopic (exact) mass is 384 g/mol. The number of rotatable bonds is 4. The fourth-order valence-electron chi connectivity index (χ4n) is 3.11. The molecule has 1 aliphatic rings. The predicted molar refractivity (Wildman–Crippen MR) is 107 cm³/mol. The average molecular weight is 385 g/mol. The van der Waals surface area contributed by atoms with E-state index in [0.29, 0.717) is 5.75 Å². The van der Waals surface area contributed by atoms with Gasteiger partial charge in [-0.25, -0.2) is 9.97 Å². The third-order valence-corrected chi connectivity index (χ3v) is 6.54. The Bertz CT molecular complexity index is 917. The van der Waals surface area contributed by atoms with Crippen LogP contribution in [0, 0.1) is 6.92 Å². The first-order valence-corrected chi connectivity index (χ1v) is 10.6. The van der Waals surface area contributed by atoms with E-state index in [-0.39, 0.29) is 5.91 Å². The van der Waals surface area contributed by atoms with Gasteiger partial charge in [0, 0.05) is 18.7 Å². The normalized spacial score (nSPS) is 14.7. The lowest BCUT2D eigenvalue weighted by atomic mass is 10.1. The fraction of sp³-hybridized carbons (Fsp3) is 0.368. The van der Waals surface area contributed by atoms with E-state index in [1.807, 2.05) is 4.90 Å². The molecule has 7 heteroatoms. The number of hydrogen-bond acceptors (Lipinski definition) is 6. The Morgan fingerprint density at radius 2 is 1.92 bits per heavy atom. The summed E-state index contributed by atoms with van der Waals surface area (Å²) in [5.41, 5.74) is 4.02. The number of carbonyl (C=O) groups excluding carboxylic acids is 1. The Kier molecular flexibility index (Phi) is 5.17. The summed E-state index contributed by atoms with van der Waals surface area (Å²) in [5, 5.41) is 0.844. The molecule has 0 atom stereocenters. The molecule has 4 rings (SSSR count). The van der Waals surface area contributed by atoms with Gasteiger partial charge >= 0.3 is 0 Å². The van der Waals surface area contributed by atoms with Gasteiger partial charge in [-0.05, 0) is 37.7 Å². The Labute approximate surface area is 161 Å². The van der Waals surface area contributed by atoms with Gasteiger partial charge in [-0.2, -0.15) is 4.37 Å². The lowest BCUT2D eigenvalue weighted by Crippen LogP contribution is -2.36. The van der Waals surface area contributed by atoms with Gasteiger partial charge in [-0.15, -0.1) is 0 Å². The molecule has 0 N–H and O–H groups in total. The van der Waals surface area contributed by atoms with Crippen molar-refractivity contribution >= 4 is 39.4 Å². The number of hydrogen-bond donors (Lipinski definition) is 0. The zero-order valence-electron chi connectivity index (χ0n) is 14.6. The lowest BCUT2D eigenvalue weighted by Gasteiger charge is -2.26. The molecule has 3 aromatic rings. The highest BCUT2D eigenvalue weighted by molar-refractivity contribution is 8.00. The average Bonchev–Trinajstić information content (AvgIpc) is 3.12. The summed E-state index contributed by atoms with van der Waals surface area (Å²) < 4.78 is 5.56. The van der Waals surface area contributed by atoms with Crippen molar-refractivity contribution < 1.29 is 4.79 Å². The van der Waals surface area contributed by atoms with E-state index in [1.165, 1.54) is 35.3 Å². The second-order valence-electron chi connectivity index (χ2n) is 6.48. The number of amides is 1. The zero-order chi connectivity index (χ0) is 17.9. The molecular weight excluding hydrogens is 364 g/mol. The molecule has 134 valence electrons. The van der Waals surface area contributed by atoms with E-state index in [9.17, 15) is 4.79 Å². The highest BCUT2D eigenvalue weighted by Crippen LogP contribution is 2.34. The highest BCUT2D eigenvalue weighted by Gasteiger charge is 2.19. The number of nitrogens with zero attached hydrogens (tertiary/aromatic N) is 4. The minimum absolute atomic E-state index is 0.199. The van der Waals surface area contributed by atoms with Gasteiger partial charge in [0.2, 0.25) is 5.91 Å². The van der Waals surface area contributed by atoms with Crippen LogP contribution in [0.1, 0.15) is 24.8 Å². The third-order valence-electron chi connectivity index (χ3n) is 4.59. The van der Waals surface area contributed by atoms with E-state index in [1.54, 1.807) is 6.33 Å². The van der Waals surface area contributed by atoms with Crippen molar-refractivity contribution in [1.29, 1.82) is 0 Å². The second-order valence-corrected chi connectivity index (χ2v) is 8.22. The number of likely N-dealkylation sites (tertiary alicyclic amines) is 1. The number of thioether (sulfide) groups is 1. The number of aromatic nitrogens is 3. The molecule has 0 aliphatic carbocycles. The molecule has 0 radical (unpaired) electrons. The summed E-state index contributed by atoms with van der Waals surface area (Å²) in [6.07, 6.45) is 5.03. The molecule has 5 nitrogen and oxygen atoms in total. The van der Waals surface area contributed by atoms with Gasteiger partial charge in [-0.3, -0.25) is 4.79 Å². The molecule has 0 saturated carbocycles. The molecular formula is C19H20N4OS2. The Hall–Kier alpha value is -1.99. The molecule has 0 spiro atoms. The van der Waals surface area contributed by atoms with Crippen molar-refractivity contribution in [1.82, 2.24) is 19.2 Å². The van der Waals surface area contributed by atoms with Crippen molar-refractivity contribution in [3.8, 4) is 11.3 Å². The number of carbonyl (C=O) groups is 1. The largest absolute Gasteiger partial charge is 0.342 e. The van der Waals surface area contributed by atoms with Crippen molar-refractivity contribution in [2.24, 2.45) is 0 Å². The smallest absolute Gasteiger partial charge is 0.232 e. The first-order chi connectivity index (χ1) is 12.7. The standard InChI is InChI=1S/C19H20N4OS2/c1-13-5-7-14(8-6-13)16-17-18(26-22-16)19(21-12-20-17)25-11-15(24)23-9-3-2-4-10-23/h5-8,12H,2-4,9-11H2,1H3. The minimum Gasteiger partial charge on any atom is -0.342 e. The predicted octanol–water partition coefficient (Wildman–Crippen LogP) is 4.17. The summed E-state index contributed by atoms with van der Waals surface area (Å²) >= 11 is 2.90. The van der Waals surface area contributed by atoms with E-state index in [4.69, 9.17) is 0 Å². The van der Waals surface area contributed by atoms with Crippen LogP contribution in [0.3, 0.4) is 0 Å². The summed E-state index contributed by atoms with van der Waals surface area (Å²) in [4.78, 5) is 23.2. The Morgan fingerprint density at radius 1 is 1.15 bits per heavy atom. The van der Waals surface area contributed by atoms with Crippen LogP contribution in [0.4, 0.5) is 0 Å². The zero-order valence-corrected chi connectivity index (χ0v) is 16.3. The SMILES string of the molecule is Cc1ccc(-c2nsc3c(SCC(=O)N4CCCCC4)ncnc23)cc1. The van der Waals surface area contributed by atoms with E-state index in [2.05, 4.69) is 45.5 Å². The van der Waals surface area contributed by atoms with Gasteiger partial charge in [0.05, 0.1) is 5.75 Å². The third kappa shape index (κ3) is 3.59. The van der Waals surface area contributed by atoms with Crippen LogP contribution in [0.25, 0.3) is 21.5 Å². The molecule has 1 saturated heterocycles. The van der Waals surface area contributed by atoms with Gasteiger partial charge in [-0.1, -0.05) is 41.6 Å². The highest BCUT2D eigenvalue weighted by atomic mass is 32.2. The van der Waals surface area contributed by atoms with Crippen LogP contribution in [-0.4, -0.2) is 44.0 Å². The molecule has 1 fully saturated rings. The van der Waals surface area contributed by atoms with Crippen LogP contribution in [0.2, 0.25) is 0 Å². The first-order valence-electron chi connectivity index (χ1n) is 8.80. The molecule has 1 aliphatic heterocycles. The summed E-state index contributed by atoms with van der Waals surface area (Å²) in [6.45, 7) is 3.84. The molecule has 0 bridgehead atoms. The van der Waals surface area contributed by atoms with Crippen molar-refractivity contribution in [2.75, 3.05) is 18.8 Å². The maximum Gasteiger partial charge on any atom is 0.232 e. The van der Waals surface area contributed by atoms with Gasteiger partial charge < -0.3 is 4.90 Å². The van der Waals surface area contributed by atoms with E-state index >= 15 is 0 Å². The summed E-state index contributed by atoms with van der Waals surface area (Å²) in [5.74, 6) is 0.619. The number of aryl methyl sites for hydroxylation is 1. The number of fused-ring (bicyclic) bond motifs is 1. The molecule has 1 aromatic carbocycles. The van der Waals surface area contributed by atoms with Crippen molar-refractivity contribution in [3.63, 3.8) is 0 Å². The minimum atomic E-state index is 0.199. The van der Waals surface area contributed by atoms with Gasteiger partial charge in [0.1, 0.15) is 27.3 Å². The van der Waals surface area contributed by atoms with Crippen LogP contribution in [-0.2, 0) is 4.79 Å². The number of benzene rings is 1.